The molecule has 3 N–H and O–H groups in total. The molecule has 0 radical (unpaired) electrons. The molecule has 1 amide bonds. The van der Waals surface area contributed by atoms with Gasteiger partial charge in [-0.2, -0.15) is 0 Å². The van der Waals surface area contributed by atoms with Gasteiger partial charge in [-0.15, -0.1) is 0 Å². The molecule has 0 heterocycles. The van der Waals surface area contributed by atoms with Gasteiger partial charge >= 0.3 is 5.97 Å². The third-order valence-electron chi connectivity index (χ3n) is 2.68. The Morgan fingerprint density at radius 1 is 1.33 bits per heavy atom. The van der Waals surface area contributed by atoms with Crippen molar-refractivity contribution < 1.29 is 14.7 Å². The van der Waals surface area contributed by atoms with Crippen molar-refractivity contribution in [1.29, 1.82) is 0 Å². The summed E-state index contributed by atoms with van der Waals surface area (Å²) in [7, 11) is 0. The quantitative estimate of drug-likeness (QED) is 0.816. The number of carboxylic acid groups (broad SMARTS) is 1. The maximum Gasteiger partial charge on any atom is 0.323 e. The summed E-state index contributed by atoms with van der Waals surface area (Å²) in [6, 6.07) is 7.15. The number of hydrogen-bond donors (Lipinski definition) is 2. The van der Waals surface area contributed by atoms with Crippen molar-refractivity contribution in [2.45, 2.75) is 13.8 Å². The van der Waals surface area contributed by atoms with Gasteiger partial charge in [-0.25, -0.2) is 0 Å². The summed E-state index contributed by atoms with van der Waals surface area (Å²) in [6.07, 6.45) is 0. The minimum Gasteiger partial charge on any atom is -0.480 e. The van der Waals surface area contributed by atoms with Crippen molar-refractivity contribution in [2.24, 2.45) is 11.7 Å². The van der Waals surface area contributed by atoms with Crippen LogP contribution in [0, 0.1) is 12.8 Å². The van der Waals surface area contributed by atoms with Crippen LogP contribution >= 0.6 is 0 Å². The van der Waals surface area contributed by atoms with Crippen LogP contribution in [0.25, 0.3) is 0 Å². The van der Waals surface area contributed by atoms with E-state index in [-0.39, 0.29) is 19.0 Å². The predicted molar refractivity (Wildman–Crippen MR) is 69.4 cm³/mol. The number of amides is 1. The lowest BCUT2D eigenvalue weighted by Crippen LogP contribution is -2.41. The minimum absolute atomic E-state index is 0.195. The van der Waals surface area contributed by atoms with Gasteiger partial charge in [-0.3, -0.25) is 9.59 Å². The van der Waals surface area contributed by atoms with Crippen LogP contribution in [0.5, 0.6) is 0 Å². The molecule has 0 spiro atoms. The molecule has 0 aliphatic carbocycles. The second-order valence-corrected chi connectivity index (χ2v) is 4.29. The molecule has 1 aromatic carbocycles. The summed E-state index contributed by atoms with van der Waals surface area (Å²) in [5.41, 5.74) is 7.08. The molecule has 5 heteroatoms. The van der Waals surface area contributed by atoms with E-state index < -0.39 is 11.9 Å². The number of aryl methyl sites for hydroxylation is 1. The first kappa shape index (κ1) is 14.2. The fourth-order valence-electron chi connectivity index (χ4n) is 1.52. The third-order valence-corrected chi connectivity index (χ3v) is 2.68. The summed E-state index contributed by atoms with van der Waals surface area (Å²) in [5, 5.41) is 8.88. The Labute approximate surface area is 106 Å². The summed E-state index contributed by atoms with van der Waals surface area (Å²) in [5.74, 6) is -1.72. The second-order valence-electron chi connectivity index (χ2n) is 4.29. The van der Waals surface area contributed by atoms with E-state index in [0.29, 0.717) is 5.69 Å². The van der Waals surface area contributed by atoms with Gasteiger partial charge in [0.05, 0.1) is 0 Å². The highest BCUT2D eigenvalue weighted by atomic mass is 16.4. The number of carbonyl (C=O) groups excluding carboxylic acids is 1. The molecule has 98 valence electrons. The maximum atomic E-state index is 12.1. The molecule has 0 saturated heterocycles. The Balaban J connectivity index is 3.01. The van der Waals surface area contributed by atoms with Crippen molar-refractivity contribution >= 4 is 17.6 Å². The first-order valence-corrected chi connectivity index (χ1v) is 5.75. The van der Waals surface area contributed by atoms with Gasteiger partial charge in [0.2, 0.25) is 5.91 Å². The standard InChI is InChI=1S/C13H18N2O3/c1-9-3-5-11(6-4-9)15(8-12(16)17)13(18)10(2)7-14/h3-6,10H,7-8,14H2,1-2H3,(H,16,17). The third kappa shape index (κ3) is 3.56. The number of nitrogens with two attached hydrogens (primary N) is 1. The van der Waals surface area contributed by atoms with Gasteiger partial charge in [0, 0.05) is 18.2 Å². The lowest BCUT2D eigenvalue weighted by molar-refractivity contribution is -0.137. The smallest absolute Gasteiger partial charge is 0.323 e. The molecule has 1 aromatic rings. The molecule has 0 bridgehead atoms. The fourth-order valence-corrected chi connectivity index (χ4v) is 1.52. The molecule has 1 unspecified atom stereocenters. The summed E-state index contributed by atoms with van der Waals surface area (Å²) in [6.45, 7) is 3.45. The van der Waals surface area contributed by atoms with Gasteiger partial charge in [-0.1, -0.05) is 24.6 Å². The molecular formula is C13H18N2O3. The highest BCUT2D eigenvalue weighted by Gasteiger charge is 2.22. The fraction of sp³-hybridized carbons (Fsp3) is 0.385. The molecular weight excluding hydrogens is 232 g/mol. The molecule has 0 aliphatic heterocycles. The molecule has 1 rings (SSSR count). The van der Waals surface area contributed by atoms with Gasteiger partial charge in [0.1, 0.15) is 6.54 Å². The Morgan fingerprint density at radius 2 is 1.89 bits per heavy atom. The molecule has 0 saturated carbocycles. The van der Waals surface area contributed by atoms with Crippen LogP contribution in [-0.2, 0) is 9.59 Å². The molecule has 5 nitrogen and oxygen atoms in total. The molecule has 0 aliphatic rings. The lowest BCUT2D eigenvalue weighted by atomic mass is 10.1. The number of nitrogens with zero attached hydrogens (tertiary/aromatic N) is 1. The van der Waals surface area contributed by atoms with Gasteiger partial charge in [0.25, 0.3) is 0 Å². The monoisotopic (exact) mass is 250 g/mol. The van der Waals surface area contributed by atoms with Crippen LogP contribution in [0.4, 0.5) is 5.69 Å². The Morgan fingerprint density at radius 3 is 2.33 bits per heavy atom. The Bertz CT molecular complexity index is 428. The van der Waals surface area contributed by atoms with Crippen molar-refractivity contribution in [1.82, 2.24) is 0 Å². The van der Waals surface area contributed by atoms with E-state index in [0.717, 1.165) is 5.56 Å². The second kappa shape index (κ2) is 6.16. The van der Waals surface area contributed by atoms with Crippen LogP contribution in [0.2, 0.25) is 0 Å². The number of anilines is 1. The molecule has 0 aromatic heterocycles. The van der Waals surface area contributed by atoms with E-state index in [9.17, 15) is 9.59 Å². The van der Waals surface area contributed by atoms with E-state index in [1.54, 1.807) is 19.1 Å². The van der Waals surface area contributed by atoms with Crippen LogP contribution < -0.4 is 10.6 Å². The van der Waals surface area contributed by atoms with Crippen LogP contribution in [0.15, 0.2) is 24.3 Å². The van der Waals surface area contributed by atoms with E-state index in [1.165, 1.54) is 4.90 Å². The number of aliphatic carboxylic acids is 1. The van der Waals surface area contributed by atoms with Gasteiger partial charge in [0.15, 0.2) is 0 Å². The number of carboxylic acids is 1. The van der Waals surface area contributed by atoms with Crippen molar-refractivity contribution in [3.63, 3.8) is 0 Å². The molecule has 1 atom stereocenters. The normalized spacial score (nSPS) is 11.9. The van der Waals surface area contributed by atoms with E-state index in [2.05, 4.69) is 0 Å². The first-order valence-electron chi connectivity index (χ1n) is 5.75. The zero-order chi connectivity index (χ0) is 13.7. The number of rotatable bonds is 5. The van der Waals surface area contributed by atoms with E-state index in [4.69, 9.17) is 10.8 Å². The number of benzene rings is 1. The Kier molecular flexibility index (Phi) is 4.85. The summed E-state index contributed by atoms with van der Waals surface area (Å²) >= 11 is 0. The maximum absolute atomic E-state index is 12.1. The first-order chi connectivity index (χ1) is 8.45. The molecule has 18 heavy (non-hydrogen) atoms. The number of hydrogen-bond acceptors (Lipinski definition) is 3. The van der Waals surface area contributed by atoms with E-state index >= 15 is 0 Å². The highest BCUT2D eigenvalue weighted by molar-refractivity contribution is 5.98. The Hall–Kier alpha value is -1.88. The zero-order valence-corrected chi connectivity index (χ0v) is 10.6. The number of carbonyl (C=O) groups is 2. The highest BCUT2D eigenvalue weighted by Crippen LogP contribution is 2.17. The van der Waals surface area contributed by atoms with Crippen molar-refractivity contribution in [3.05, 3.63) is 29.8 Å². The lowest BCUT2D eigenvalue weighted by Gasteiger charge is -2.23. The average molecular weight is 250 g/mol. The zero-order valence-electron chi connectivity index (χ0n) is 10.6. The molecule has 0 fully saturated rings. The van der Waals surface area contributed by atoms with Gasteiger partial charge < -0.3 is 15.7 Å². The topological polar surface area (TPSA) is 83.6 Å². The van der Waals surface area contributed by atoms with Crippen molar-refractivity contribution in [2.75, 3.05) is 18.0 Å². The minimum atomic E-state index is -1.05. The summed E-state index contributed by atoms with van der Waals surface area (Å²) in [4.78, 5) is 24.2. The van der Waals surface area contributed by atoms with Crippen LogP contribution in [-0.4, -0.2) is 30.1 Å². The van der Waals surface area contributed by atoms with Crippen molar-refractivity contribution in [3.8, 4) is 0 Å². The van der Waals surface area contributed by atoms with Crippen LogP contribution in [0.3, 0.4) is 0 Å². The van der Waals surface area contributed by atoms with Gasteiger partial charge in [-0.05, 0) is 19.1 Å². The SMILES string of the molecule is Cc1ccc(N(CC(=O)O)C(=O)C(C)CN)cc1. The van der Waals surface area contributed by atoms with Crippen LogP contribution in [0.1, 0.15) is 12.5 Å². The summed E-state index contributed by atoms with van der Waals surface area (Å²) < 4.78 is 0. The largest absolute Gasteiger partial charge is 0.480 e. The average Bonchev–Trinajstić information content (AvgIpc) is 2.35. The predicted octanol–water partition coefficient (Wildman–Crippen LogP) is 1.01. The van der Waals surface area contributed by atoms with E-state index in [1.807, 2.05) is 19.1 Å².